The zero-order chi connectivity index (χ0) is 17.7. The molecule has 0 saturated carbocycles. The Hall–Kier alpha value is -1.75. The molecule has 5 heteroatoms. The number of carbonyl (C=O) groups excluding carboxylic acids is 1. The lowest BCUT2D eigenvalue weighted by Gasteiger charge is -2.18. The molecule has 2 N–H and O–H groups in total. The van der Waals surface area contributed by atoms with Crippen molar-refractivity contribution in [2.45, 2.75) is 46.6 Å². The molecular formula is C19H30N2O3. The normalized spacial score (nSPS) is 18.5. The van der Waals surface area contributed by atoms with Gasteiger partial charge >= 0.3 is 6.03 Å². The summed E-state index contributed by atoms with van der Waals surface area (Å²) < 4.78 is 5.86. The summed E-state index contributed by atoms with van der Waals surface area (Å²) >= 11 is 0. The molecule has 0 unspecified atom stereocenters. The molecule has 0 aliphatic carbocycles. The fraction of sp³-hybridized carbons (Fsp3) is 0.632. The van der Waals surface area contributed by atoms with Gasteiger partial charge in [0.2, 0.25) is 0 Å². The summed E-state index contributed by atoms with van der Waals surface area (Å²) in [5.41, 5.74) is 3.61. The molecule has 1 fully saturated rings. The van der Waals surface area contributed by atoms with Crippen molar-refractivity contribution in [3.8, 4) is 5.75 Å². The third-order valence-electron chi connectivity index (χ3n) is 4.81. The lowest BCUT2D eigenvalue weighted by Crippen LogP contribution is -2.39. The highest BCUT2D eigenvalue weighted by molar-refractivity contribution is 5.74. The monoisotopic (exact) mass is 334 g/mol. The molecule has 0 radical (unpaired) electrons. The van der Waals surface area contributed by atoms with E-state index in [2.05, 4.69) is 38.2 Å². The molecule has 1 heterocycles. The number of nitrogens with zero attached hydrogens (tertiary/aromatic N) is 1. The van der Waals surface area contributed by atoms with Crippen molar-refractivity contribution in [3.05, 3.63) is 28.8 Å². The predicted molar refractivity (Wildman–Crippen MR) is 95.5 cm³/mol. The molecule has 1 aromatic carbocycles. The summed E-state index contributed by atoms with van der Waals surface area (Å²) in [5.74, 6) is 1.13. The maximum atomic E-state index is 12.1. The van der Waals surface area contributed by atoms with Crippen LogP contribution in [0.15, 0.2) is 12.1 Å². The van der Waals surface area contributed by atoms with Gasteiger partial charge in [-0.1, -0.05) is 6.07 Å². The van der Waals surface area contributed by atoms with Gasteiger partial charge in [0.15, 0.2) is 0 Å². The van der Waals surface area contributed by atoms with Crippen LogP contribution in [0.2, 0.25) is 0 Å². The highest BCUT2D eigenvalue weighted by Crippen LogP contribution is 2.23. The van der Waals surface area contributed by atoms with Gasteiger partial charge in [-0.3, -0.25) is 0 Å². The molecule has 1 saturated heterocycles. The van der Waals surface area contributed by atoms with E-state index in [4.69, 9.17) is 4.74 Å². The summed E-state index contributed by atoms with van der Waals surface area (Å²) in [5, 5.41) is 12.5. The van der Waals surface area contributed by atoms with Crippen molar-refractivity contribution >= 4 is 6.03 Å². The number of amides is 2. The van der Waals surface area contributed by atoms with E-state index in [1.807, 2.05) is 0 Å². The topological polar surface area (TPSA) is 61.8 Å². The van der Waals surface area contributed by atoms with Crippen LogP contribution in [0, 0.1) is 26.7 Å². The van der Waals surface area contributed by atoms with E-state index in [1.54, 1.807) is 11.8 Å². The van der Waals surface area contributed by atoms with Crippen LogP contribution in [0.3, 0.4) is 0 Å². The minimum Gasteiger partial charge on any atom is -0.493 e. The first-order valence-corrected chi connectivity index (χ1v) is 8.80. The zero-order valence-corrected chi connectivity index (χ0v) is 15.3. The summed E-state index contributed by atoms with van der Waals surface area (Å²) in [4.78, 5) is 13.9. The van der Waals surface area contributed by atoms with Crippen molar-refractivity contribution < 1.29 is 14.6 Å². The van der Waals surface area contributed by atoms with Crippen LogP contribution in [0.1, 0.15) is 36.5 Å². The van der Waals surface area contributed by atoms with Crippen molar-refractivity contribution in [2.24, 2.45) is 5.92 Å². The number of rotatable bonds is 6. The molecule has 1 aliphatic rings. The second-order valence-corrected chi connectivity index (χ2v) is 6.87. The van der Waals surface area contributed by atoms with Crippen molar-refractivity contribution in [1.82, 2.24) is 10.2 Å². The van der Waals surface area contributed by atoms with Crippen molar-refractivity contribution in [2.75, 3.05) is 26.2 Å². The zero-order valence-electron chi connectivity index (χ0n) is 15.3. The summed E-state index contributed by atoms with van der Waals surface area (Å²) in [6.45, 7) is 10.6. The van der Waals surface area contributed by atoms with E-state index in [0.717, 1.165) is 25.1 Å². The van der Waals surface area contributed by atoms with Gasteiger partial charge in [0.25, 0.3) is 0 Å². The molecule has 0 bridgehead atoms. The molecule has 2 atom stereocenters. The van der Waals surface area contributed by atoms with Crippen LogP contribution >= 0.6 is 0 Å². The highest BCUT2D eigenvalue weighted by Gasteiger charge is 2.28. The predicted octanol–water partition coefficient (Wildman–Crippen LogP) is 2.79. The van der Waals surface area contributed by atoms with Crippen LogP contribution in [0.4, 0.5) is 4.79 Å². The Bertz CT molecular complexity index is 572. The van der Waals surface area contributed by atoms with Gasteiger partial charge in [0.1, 0.15) is 5.75 Å². The first-order valence-electron chi connectivity index (χ1n) is 8.80. The smallest absolute Gasteiger partial charge is 0.317 e. The Morgan fingerprint density at radius 3 is 2.83 bits per heavy atom. The van der Waals surface area contributed by atoms with Gasteiger partial charge in [-0.2, -0.15) is 0 Å². The average molecular weight is 334 g/mol. The number of urea groups is 1. The fourth-order valence-electron chi connectivity index (χ4n) is 3.08. The lowest BCUT2D eigenvalue weighted by molar-refractivity contribution is 0.129. The number of hydrogen-bond donors (Lipinski definition) is 2. The van der Waals surface area contributed by atoms with Crippen molar-refractivity contribution in [1.29, 1.82) is 0 Å². The quantitative estimate of drug-likeness (QED) is 0.787. The average Bonchev–Trinajstić information content (AvgIpc) is 3.01. The maximum absolute atomic E-state index is 12.1. The van der Waals surface area contributed by atoms with Gasteiger partial charge in [0, 0.05) is 25.6 Å². The van der Waals surface area contributed by atoms with Crippen LogP contribution < -0.4 is 10.1 Å². The highest BCUT2D eigenvalue weighted by atomic mass is 16.5. The van der Waals surface area contributed by atoms with Gasteiger partial charge in [-0.15, -0.1) is 0 Å². The number of nitrogens with one attached hydrogen (secondary N) is 1. The number of aryl methyl sites for hydroxylation is 2. The molecule has 0 aromatic heterocycles. The van der Waals surface area contributed by atoms with E-state index in [1.165, 1.54) is 16.7 Å². The second-order valence-electron chi connectivity index (χ2n) is 6.87. The van der Waals surface area contributed by atoms with Crippen LogP contribution in [0.5, 0.6) is 5.75 Å². The standard InChI is InChI=1S/C19H30N2O3/c1-13-10-14(2)15(3)18(11-13)24-9-5-7-20-19(23)21-8-6-17(12-21)16(4)22/h10-11,16-17,22H,5-9,12H2,1-4H3,(H,20,23)/t16-,17+/m0/s1. The Morgan fingerprint density at radius 1 is 1.42 bits per heavy atom. The SMILES string of the molecule is Cc1cc(C)c(C)c(OCCCNC(=O)N2CC[C@@H]([C@H](C)O)C2)c1. The molecule has 1 aliphatic heterocycles. The lowest BCUT2D eigenvalue weighted by atomic mass is 10.0. The first kappa shape index (κ1) is 18.6. The number of hydrogen-bond acceptors (Lipinski definition) is 3. The molecule has 1 aromatic rings. The molecule has 2 rings (SSSR count). The number of aliphatic hydroxyl groups is 1. The number of likely N-dealkylation sites (tertiary alicyclic amines) is 1. The van der Waals surface area contributed by atoms with Crippen molar-refractivity contribution in [3.63, 3.8) is 0 Å². The van der Waals surface area contributed by atoms with Crippen LogP contribution in [-0.4, -0.2) is 48.4 Å². The van der Waals surface area contributed by atoms with E-state index in [0.29, 0.717) is 19.7 Å². The molecule has 0 spiro atoms. The largest absolute Gasteiger partial charge is 0.493 e. The van der Waals surface area contributed by atoms with E-state index in [9.17, 15) is 9.90 Å². The number of ether oxygens (including phenoxy) is 1. The van der Waals surface area contributed by atoms with Gasteiger partial charge < -0.3 is 20.1 Å². The maximum Gasteiger partial charge on any atom is 0.317 e. The third kappa shape index (κ3) is 4.87. The van der Waals surface area contributed by atoms with Crippen LogP contribution in [0.25, 0.3) is 0 Å². The Balaban J connectivity index is 1.68. The van der Waals surface area contributed by atoms with Gasteiger partial charge in [-0.25, -0.2) is 4.79 Å². The van der Waals surface area contributed by atoms with Crippen LogP contribution in [-0.2, 0) is 0 Å². The second kappa shape index (κ2) is 8.38. The van der Waals surface area contributed by atoms with E-state index >= 15 is 0 Å². The number of carbonyl (C=O) groups is 1. The summed E-state index contributed by atoms with van der Waals surface area (Å²) in [6.07, 6.45) is 1.30. The molecule has 24 heavy (non-hydrogen) atoms. The van der Waals surface area contributed by atoms with E-state index in [-0.39, 0.29) is 18.1 Å². The minimum atomic E-state index is -0.350. The Labute approximate surface area is 145 Å². The number of benzene rings is 1. The molecule has 5 nitrogen and oxygen atoms in total. The van der Waals surface area contributed by atoms with Gasteiger partial charge in [-0.05, 0) is 63.3 Å². The van der Waals surface area contributed by atoms with E-state index < -0.39 is 0 Å². The third-order valence-corrected chi connectivity index (χ3v) is 4.81. The fourth-order valence-corrected chi connectivity index (χ4v) is 3.08. The minimum absolute atomic E-state index is 0.0410. The molecule has 2 amide bonds. The molecule has 134 valence electrons. The summed E-state index contributed by atoms with van der Waals surface area (Å²) in [6, 6.07) is 4.17. The Kier molecular flexibility index (Phi) is 6.49. The Morgan fingerprint density at radius 2 is 2.17 bits per heavy atom. The number of aliphatic hydroxyl groups excluding tert-OH is 1. The molecular weight excluding hydrogens is 304 g/mol. The summed E-state index contributed by atoms with van der Waals surface area (Å²) in [7, 11) is 0. The van der Waals surface area contributed by atoms with Gasteiger partial charge in [0.05, 0.1) is 12.7 Å². The first-order chi connectivity index (χ1) is 11.4.